The van der Waals surface area contributed by atoms with Crippen LogP contribution in [0.5, 0.6) is 0 Å². The summed E-state index contributed by atoms with van der Waals surface area (Å²) < 4.78 is 27.2. The average molecular weight is 514 g/mol. The number of rotatable bonds is 3. The van der Waals surface area contributed by atoms with E-state index in [1.54, 1.807) is 6.33 Å². The number of benzene rings is 2. The Hall–Kier alpha value is -3.98. The molecule has 9 heteroatoms. The monoisotopic (exact) mass is 513 g/mol. The van der Waals surface area contributed by atoms with Crippen molar-refractivity contribution >= 4 is 22.9 Å². The number of fused-ring (bicyclic) bond motifs is 2. The first-order valence-electron chi connectivity index (χ1n) is 12.9. The second-order valence-electron chi connectivity index (χ2n) is 10.8. The lowest BCUT2D eigenvalue weighted by molar-refractivity contribution is -0.136. The standard InChI is InChI=1S/C29H28FN5O3/c1-17-12-34(16-31-17)24-9-6-21(25-18(2)32-38-27(24)25)10-22-11-29(14-36-15-29)13-35-26(19(3)37-33-28(22)35)20-4-7-23(30)8-5-20/h4-10,12,16,19,26H,11,13-15H2,1-3H3/b22-10+. The van der Waals surface area contributed by atoms with E-state index < -0.39 is 0 Å². The third kappa shape index (κ3) is 3.64. The molecule has 1 spiro atoms. The Labute approximate surface area is 219 Å². The fraction of sp³-hybridized carbons (Fsp3) is 0.345. The molecule has 0 saturated carbocycles. The van der Waals surface area contributed by atoms with E-state index in [9.17, 15) is 4.39 Å². The summed E-state index contributed by atoms with van der Waals surface area (Å²) in [6.45, 7) is 8.12. The summed E-state index contributed by atoms with van der Waals surface area (Å²) in [5, 5.41) is 9.84. The molecule has 0 aliphatic carbocycles. The third-order valence-electron chi connectivity index (χ3n) is 7.87. The van der Waals surface area contributed by atoms with Gasteiger partial charge in [0, 0.05) is 18.2 Å². The highest BCUT2D eigenvalue weighted by Gasteiger charge is 2.50. The Kier molecular flexibility index (Phi) is 5.20. The molecule has 194 valence electrons. The highest BCUT2D eigenvalue weighted by molar-refractivity contribution is 6.05. The smallest absolute Gasteiger partial charge is 0.191 e. The number of aryl methyl sites for hydroxylation is 2. The Morgan fingerprint density at radius 1 is 1.11 bits per heavy atom. The summed E-state index contributed by atoms with van der Waals surface area (Å²) in [6, 6.07) is 10.7. The van der Waals surface area contributed by atoms with Gasteiger partial charge in [0.1, 0.15) is 11.9 Å². The summed E-state index contributed by atoms with van der Waals surface area (Å²) in [7, 11) is 0. The maximum Gasteiger partial charge on any atom is 0.191 e. The maximum absolute atomic E-state index is 13.7. The second-order valence-corrected chi connectivity index (χ2v) is 10.8. The van der Waals surface area contributed by atoms with Crippen molar-refractivity contribution in [2.45, 2.75) is 39.3 Å². The molecular weight excluding hydrogens is 485 g/mol. The number of ether oxygens (including phenoxy) is 1. The van der Waals surface area contributed by atoms with Gasteiger partial charge in [-0.15, -0.1) is 0 Å². The van der Waals surface area contributed by atoms with E-state index in [-0.39, 0.29) is 23.4 Å². The Balaban J connectivity index is 1.34. The van der Waals surface area contributed by atoms with Crippen molar-refractivity contribution in [1.29, 1.82) is 0 Å². The molecule has 0 N–H and O–H groups in total. The number of hydrogen-bond acceptors (Lipinski definition) is 7. The van der Waals surface area contributed by atoms with Crippen molar-refractivity contribution in [3.05, 3.63) is 82.8 Å². The van der Waals surface area contributed by atoms with Gasteiger partial charge in [-0.05, 0) is 68.2 Å². The summed E-state index contributed by atoms with van der Waals surface area (Å²) in [5.41, 5.74) is 6.43. The zero-order valence-electron chi connectivity index (χ0n) is 21.5. The van der Waals surface area contributed by atoms with E-state index in [1.807, 2.05) is 49.7 Å². The minimum Gasteiger partial charge on any atom is -0.389 e. The largest absolute Gasteiger partial charge is 0.389 e. The van der Waals surface area contributed by atoms with Crippen LogP contribution in [-0.4, -0.2) is 51.3 Å². The number of nitrogens with zero attached hydrogens (tertiary/aromatic N) is 5. The van der Waals surface area contributed by atoms with Crippen molar-refractivity contribution in [2.75, 3.05) is 19.8 Å². The van der Waals surface area contributed by atoms with Crippen molar-refractivity contribution in [2.24, 2.45) is 10.6 Å². The zero-order valence-corrected chi connectivity index (χ0v) is 21.5. The summed E-state index contributed by atoms with van der Waals surface area (Å²) in [6.07, 6.45) is 6.57. The molecule has 2 atom stereocenters. The fourth-order valence-electron chi connectivity index (χ4n) is 6.03. The molecule has 2 aromatic carbocycles. The molecule has 2 unspecified atom stereocenters. The molecule has 2 aromatic heterocycles. The van der Waals surface area contributed by atoms with Crippen LogP contribution in [0.1, 0.15) is 41.9 Å². The van der Waals surface area contributed by atoms with E-state index in [4.69, 9.17) is 14.1 Å². The predicted octanol–water partition coefficient (Wildman–Crippen LogP) is 5.35. The van der Waals surface area contributed by atoms with Gasteiger partial charge in [0.15, 0.2) is 11.4 Å². The molecule has 0 amide bonds. The number of imidazole rings is 1. The third-order valence-corrected chi connectivity index (χ3v) is 7.87. The van der Waals surface area contributed by atoms with Crippen LogP contribution >= 0.6 is 0 Å². The van der Waals surface area contributed by atoms with Gasteiger partial charge in [-0.1, -0.05) is 28.5 Å². The van der Waals surface area contributed by atoms with Crippen LogP contribution in [0.25, 0.3) is 22.7 Å². The normalized spacial score (nSPS) is 23.3. The molecule has 0 bridgehead atoms. The lowest BCUT2D eigenvalue weighted by Crippen LogP contribution is -2.59. The van der Waals surface area contributed by atoms with Crippen molar-refractivity contribution in [3.63, 3.8) is 0 Å². The van der Waals surface area contributed by atoms with E-state index in [2.05, 4.69) is 32.3 Å². The summed E-state index contributed by atoms with van der Waals surface area (Å²) >= 11 is 0. The quantitative estimate of drug-likeness (QED) is 0.368. The number of hydrogen-bond donors (Lipinski definition) is 0. The van der Waals surface area contributed by atoms with E-state index >= 15 is 0 Å². The van der Waals surface area contributed by atoms with Gasteiger partial charge in [0.2, 0.25) is 0 Å². The van der Waals surface area contributed by atoms with Gasteiger partial charge in [0.05, 0.1) is 48.0 Å². The number of oxime groups is 1. The van der Waals surface area contributed by atoms with Crippen molar-refractivity contribution in [3.8, 4) is 5.69 Å². The second kappa shape index (κ2) is 8.52. The van der Waals surface area contributed by atoms with Crippen molar-refractivity contribution in [1.82, 2.24) is 19.6 Å². The van der Waals surface area contributed by atoms with Gasteiger partial charge >= 0.3 is 0 Å². The molecular formula is C29H28FN5O3. The molecule has 7 rings (SSSR count). The minimum absolute atomic E-state index is 0.00270. The van der Waals surface area contributed by atoms with Gasteiger partial charge in [-0.3, -0.25) is 0 Å². The highest BCUT2D eigenvalue weighted by Crippen LogP contribution is 2.46. The molecule has 3 aliphatic rings. The van der Waals surface area contributed by atoms with Gasteiger partial charge in [0.25, 0.3) is 0 Å². The molecule has 4 aromatic rings. The van der Waals surface area contributed by atoms with Crippen LogP contribution in [0.4, 0.5) is 4.39 Å². The summed E-state index contributed by atoms with van der Waals surface area (Å²) in [4.78, 5) is 12.6. The Morgan fingerprint density at radius 3 is 2.63 bits per heavy atom. The number of aromatic nitrogens is 3. The van der Waals surface area contributed by atoms with Gasteiger partial charge in [-0.25, -0.2) is 9.37 Å². The molecule has 2 fully saturated rings. The first-order valence-corrected chi connectivity index (χ1v) is 12.9. The van der Waals surface area contributed by atoms with Crippen LogP contribution in [-0.2, 0) is 9.57 Å². The zero-order chi connectivity index (χ0) is 26.0. The number of halogens is 1. The van der Waals surface area contributed by atoms with Gasteiger partial charge < -0.3 is 23.6 Å². The average Bonchev–Trinajstić information content (AvgIpc) is 3.50. The topological polar surface area (TPSA) is 77.9 Å². The van der Waals surface area contributed by atoms with Crippen LogP contribution in [0.2, 0.25) is 0 Å². The van der Waals surface area contributed by atoms with E-state index in [0.29, 0.717) is 18.8 Å². The lowest BCUT2D eigenvalue weighted by Gasteiger charge is -2.53. The van der Waals surface area contributed by atoms with Gasteiger partial charge in [-0.2, -0.15) is 0 Å². The first kappa shape index (κ1) is 23.2. The molecule has 38 heavy (non-hydrogen) atoms. The van der Waals surface area contributed by atoms with Crippen molar-refractivity contribution < 1.29 is 18.5 Å². The molecule has 3 aliphatic heterocycles. The summed E-state index contributed by atoms with van der Waals surface area (Å²) in [5.74, 6) is 0.559. The first-order chi connectivity index (χ1) is 18.4. The fourth-order valence-corrected chi connectivity index (χ4v) is 6.03. The predicted molar refractivity (Wildman–Crippen MR) is 140 cm³/mol. The SMILES string of the molecule is Cc1cn(-c2ccc(/C=C3\CC4(COC4)CN4C3=NOC(C)C4c3ccc(F)cc3)c3c(C)noc23)cn1. The maximum atomic E-state index is 13.7. The van der Waals surface area contributed by atoms with Crippen LogP contribution < -0.4 is 0 Å². The molecule has 0 radical (unpaired) electrons. The van der Waals surface area contributed by atoms with Crippen LogP contribution in [0.3, 0.4) is 0 Å². The lowest BCUT2D eigenvalue weighted by atomic mass is 9.74. The molecule has 5 heterocycles. The van der Waals surface area contributed by atoms with Crippen LogP contribution in [0.15, 0.2) is 64.2 Å². The number of amidine groups is 1. The Bertz CT molecular complexity index is 1600. The van der Waals surface area contributed by atoms with E-state index in [0.717, 1.165) is 58.0 Å². The highest BCUT2D eigenvalue weighted by atomic mass is 19.1. The Morgan fingerprint density at radius 2 is 1.92 bits per heavy atom. The van der Waals surface area contributed by atoms with Crippen LogP contribution in [0, 0.1) is 25.1 Å². The minimum atomic E-state index is -0.252. The number of piperidine rings is 1. The van der Waals surface area contributed by atoms with E-state index in [1.165, 1.54) is 12.1 Å². The molecule has 8 nitrogen and oxygen atoms in total. The molecule has 2 saturated heterocycles.